The number of ether oxygens (including phenoxy) is 1. The number of nitrogens with two attached hydrogens (primary N) is 1. The van der Waals surface area contributed by atoms with Crippen molar-refractivity contribution in [1.82, 2.24) is 0 Å². The average Bonchev–Trinajstić information content (AvgIpc) is 2.47. The molecular formula is C9H8ClNO3. The second kappa shape index (κ2) is 3.06. The van der Waals surface area contributed by atoms with Gasteiger partial charge in [0.25, 0.3) is 0 Å². The van der Waals surface area contributed by atoms with Crippen molar-refractivity contribution in [2.75, 3.05) is 5.73 Å². The number of carbonyl (C=O) groups is 1. The Bertz CT molecular complexity index is 405. The van der Waals surface area contributed by atoms with Crippen LogP contribution in [-0.4, -0.2) is 16.6 Å². The van der Waals surface area contributed by atoms with Crippen molar-refractivity contribution < 1.29 is 14.6 Å². The molecule has 1 aliphatic rings. The fourth-order valence-electron chi connectivity index (χ4n) is 1.49. The van der Waals surface area contributed by atoms with E-state index >= 15 is 0 Å². The summed E-state index contributed by atoms with van der Waals surface area (Å²) in [5.74, 6) is -0.732. The molecule has 0 saturated carbocycles. The molecule has 1 aliphatic heterocycles. The molecule has 3 N–H and O–H groups in total. The predicted octanol–water partition coefficient (Wildman–Crippen LogP) is 1.47. The molecule has 1 unspecified atom stereocenters. The van der Waals surface area contributed by atoms with Crippen LogP contribution in [0.25, 0.3) is 0 Å². The third kappa shape index (κ3) is 1.28. The summed E-state index contributed by atoms with van der Waals surface area (Å²) in [5, 5.41) is 8.86. The minimum atomic E-state index is -1.04. The molecule has 5 heteroatoms. The van der Waals surface area contributed by atoms with Crippen molar-refractivity contribution in [2.45, 2.75) is 12.0 Å². The van der Waals surface area contributed by atoms with Gasteiger partial charge in [0.05, 0.1) is 0 Å². The van der Waals surface area contributed by atoms with Crippen LogP contribution in [0.15, 0.2) is 12.1 Å². The molecule has 0 bridgehead atoms. The summed E-state index contributed by atoms with van der Waals surface area (Å²) in [6, 6.07) is 2.98. The van der Waals surface area contributed by atoms with E-state index in [1.165, 1.54) is 6.07 Å². The summed E-state index contributed by atoms with van der Waals surface area (Å²) < 4.78 is 5.18. The molecule has 0 radical (unpaired) electrons. The van der Waals surface area contributed by atoms with E-state index in [9.17, 15) is 4.79 Å². The smallest absolute Gasteiger partial charge is 0.339 e. The fraction of sp³-hybridized carbons (Fsp3) is 0.222. The highest BCUT2D eigenvalue weighted by Crippen LogP contribution is 2.37. The second-order valence-electron chi connectivity index (χ2n) is 3.05. The molecule has 0 aliphatic carbocycles. The number of hydrogen-bond acceptors (Lipinski definition) is 3. The lowest BCUT2D eigenvalue weighted by Gasteiger charge is -2.05. The molecule has 0 fully saturated rings. The summed E-state index contributed by atoms with van der Waals surface area (Å²) in [7, 11) is 0. The normalized spacial score (nSPS) is 18.8. The maximum atomic E-state index is 10.8. The molecule has 0 saturated heterocycles. The first-order valence-corrected chi connectivity index (χ1v) is 4.48. The molecule has 14 heavy (non-hydrogen) atoms. The van der Waals surface area contributed by atoms with Gasteiger partial charge < -0.3 is 15.6 Å². The highest BCUT2D eigenvalue weighted by molar-refractivity contribution is 6.20. The third-order valence-corrected chi connectivity index (χ3v) is 2.38. The number of carboxylic acid groups (broad SMARTS) is 1. The monoisotopic (exact) mass is 213 g/mol. The van der Waals surface area contributed by atoms with Crippen molar-refractivity contribution in [1.29, 1.82) is 0 Å². The number of anilines is 1. The summed E-state index contributed by atoms with van der Waals surface area (Å²) >= 11 is 5.76. The standard InChI is InChI=1S/C9H8ClNO3/c10-7-3-5-6(11)2-1-4(9(12)13)8(5)14-7/h1-2,7H,3,11H2,(H,12,13). The maximum absolute atomic E-state index is 10.8. The number of alkyl halides is 1. The van der Waals surface area contributed by atoms with Gasteiger partial charge in [-0.15, -0.1) is 0 Å². The molecular weight excluding hydrogens is 206 g/mol. The van der Waals surface area contributed by atoms with E-state index in [2.05, 4.69) is 0 Å². The molecule has 1 aromatic carbocycles. The Hall–Kier alpha value is -1.42. The van der Waals surface area contributed by atoms with E-state index in [4.69, 9.17) is 27.2 Å². The zero-order valence-electron chi connectivity index (χ0n) is 7.16. The summed E-state index contributed by atoms with van der Waals surface area (Å²) in [6.45, 7) is 0. The molecule has 0 spiro atoms. The zero-order valence-corrected chi connectivity index (χ0v) is 7.91. The fourth-order valence-corrected chi connectivity index (χ4v) is 1.73. The summed E-state index contributed by atoms with van der Waals surface area (Å²) in [6.07, 6.45) is 0.448. The number of aromatic carboxylic acids is 1. The number of halogens is 1. The van der Waals surface area contributed by atoms with Gasteiger partial charge in [-0.1, -0.05) is 11.6 Å². The quantitative estimate of drug-likeness (QED) is 0.547. The first-order valence-electron chi connectivity index (χ1n) is 4.05. The van der Waals surface area contributed by atoms with Crippen LogP contribution in [0.4, 0.5) is 5.69 Å². The minimum Gasteiger partial charge on any atom is -0.478 e. The van der Waals surface area contributed by atoms with Gasteiger partial charge in [0.1, 0.15) is 11.3 Å². The molecule has 4 nitrogen and oxygen atoms in total. The third-order valence-electron chi connectivity index (χ3n) is 2.14. The van der Waals surface area contributed by atoms with E-state index in [-0.39, 0.29) is 5.56 Å². The Morgan fingerprint density at radius 1 is 1.64 bits per heavy atom. The van der Waals surface area contributed by atoms with Gasteiger partial charge in [-0.2, -0.15) is 0 Å². The molecule has 2 rings (SSSR count). The Morgan fingerprint density at radius 3 is 3.00 bits per heavy atom. The predicted molar refractivity (Wildman–Crippen MR) is 51.8 cm³/mol. The number of hydrogen-bond donors (Lipinski definition) is 2. The number of fused-ring (bicyclic) bond motifs is 1. The number of carboxylic acids is 1. The van der Waals surface area contributed by atoms with Crippen molar-refractivity contribution >= 4 is 23.3 Å². The Kier molecular flexibility index (Phi) is 2.00. The average molecular weight is 214 g/mol. The molecule has 1 aromatic rings. The van der Waals surface area contributed by atoms with Gasteiger partial charge in [-0.05, 0) is 12.1 Å². The summed E-state index contributed by atoms with van der Waals surface area (Å²) in [5.41, 5.74) is 6.47. The van der Waals surface area contributed by atoms with Crippen molar-refractivity contribution in [3.63, 3.8) is 0 Å². The Balaban J connectivity index is 2.59. The van der Waals surface area contributed by atoms with Crippen molar-refractivity contribution in [3.05, 3.63) is 23.3 Å². The molecule has 1 atom stereocenters. The van der Waals surface area contributed by atoms with Crippen LogP contribution in [0.5, 0.6) is 5.75 Å². The summed E-state index contributed by atoms with van der Waals surface area (Å²) in [4.78, 5) is 10.8. The van der Waals surface area contributed by atoms with E-state index in [1.807, 2.05) is 0 Å². The highest BCUT2D eigenvalue weighted by Gasteiger charge is 2.27. The number of rotatable bonds is 1. The van der Waals surface area contributed by atoms with E-state index in [1.54, 1.807) is 6.07 Å². The van der Waals surface area contributed by atoms with Crippen LogP contribution in [0.1, 0.15) is 15.9 Å². The number of nitrogen functional groups attached to an aromatic ring is 1. The zero-order chi connectivity index (χ0) is 10.3. The van der Waals surface area contributed by atoms with E-state index in [0.717, 1.165) is 0 Å². The van der Waals surface area contributed by atoms with Crippen molar-refractivity contribution in [3.8, 4) is 5.75 Å². The van der Waals surface area contributed by atoms with Gasteiger partial charge in [0.15, 0.2) is 5.56 Å². The Labute approximate surface area is 85.2 Å². The van der Waals surface area contributed by atoms with Crippen LogP contribution in [-0.2, 0) is 6.42 Å². The second-order valence-corrected chi connectivity index (χ2v) is 3.53. The lowest BCUT2D eigenvalue weighted by molar-refractivity contribution is 0.0693. The lowest BCUT2D eigenvalue weighted by Crippen LogP contribution is -2.04. The van der Waals surface area contributed by atoms with Crippen LogP contribution in [0.2, 0.25) is 0 Å². The first kappa shape index (κ1) is 9.15. The molecule has 0 aromatic heterocycles. The Morgan fingerprint density at radius 2 is 2.36 bits per heavy atom. The van der Waals surface area contributed by atoms with Gasteiger partial charge in [-0.25, -0.2) is 4.79 Å². The van der Waals surface area contributed by atoms with Gasteiger partial charge >= 0.3 is 5.97 Å². The molecule has 74 valence electrons. The molecule has 1 heterocycles. The number of benzene rings is 1. The van der Waals surface area contributed by atoms with Crippen LogP contribution in [0, 0.1) is 0 Å². The van der Waals surface area contributed by atoms with Crippen LogP contribution >= 0.6 is 11.6 Å². The van der Waals surface area contributed by atoms with Gasteiger partial charge in [0.2, 0.25) is 0 Å². The molecule has 0 amide bonds. The van der Waals surface area contributed by atoms with Crippen LogP contribution in [0.3, 0.4) is 0 Å². The van der Waals surface area contributed by atoms with Crippen LogP contribution < -0.4 is 10.5 Å². The minimum absolute atomic E-state index is 0.109. The lowest BCUT2D eigenvalue weighted by atomic mass is 10.1. The first-order chi connectivity index (χ1) is 6.59. The van der Waals surface area contributed by atoms with E-state index < -0.39 is 11.5 Å². The largest absolute Gasteiger partial charge is 0.478 e. The van der Waals surface area contributed by atoms with Gasteiger partial charge in [-0.3, -0.25) is 0 Å². The topological polar surface area (TPSA) is 72.6 Å². The van der Waals surface area contributed by atoms with E-state index in [0.29, 0.717) is 23.4 Å². The van der Waals surface area contributed by atoms with Crippen molar-refractivity contribution in [2.24, 2.45) is 0 Å². The maximum Gasteiger partial charge on any atom is 0.339 e. The highest BCUT2D eigenvalue weighted by atomic mass is 35.5. The SMILES string of the molecule is Nc1ccc(C(=O)O)c2c1CC(Cl)O2. The van der Waals surface area contributed by atoms with Gasteiger partial charge in [0, 0.05) is 17.7 Å².